The minimum Gasteiger partial charge on any atom is -0.508 e. The number of carbonyl (C=O) groups is 4. The number of nitrogens with zero attached hydrogens (tertiary/aromatic N) is 1. The number of carbonyl (C=O) groups excluding carboxylic acids is 4. The number of esters is 1. The highest BCUT2D eigenvalue weighted by atomic mass is 16.6. The van der Waals surface area contributed by atoms with E-state index in [1.165, 1.54) is 24.1 Å². The van der Waals surface area contributed by atoms with E-state index in [2.05, 4.69) is 15.4 Å². The Bertz CT molecular complexity index is 1110. The van der Waals surface area contributed by atoms with Crippen LogP contribution in [0.1, 0.15) is 64.1 Å². The summed E-state index contributed by atoms with van der Waals surface area (Å²) in [6.07, 6.45) is 1.64. The number of hydrogen-bond donors (Lipinski definition) is 3. The summed E-state index contributed by atoms with van der Waals surface area (Å²) in [5.74, 6) is -1.60. The van der Waals surface area contributed by atoms with Gasteiger partial charge in [0.15, 0.2) is 0 Å². The summed E-state index contributed by atoms with van der Waals surface area (Å²) in [5, 5.41) is 15.0. The van der Waals surface area contributed by atoms with Gasteiger partial charge in [0.25, 0.3) is 0 Å². The van der Waals surface area contributed by atoms with Crippen LogP contribution < -0.4 is 10.6 Å². The van der Waals surface area contributed by atoms with Crippen LogP contribution in [-0.4, -0.2) is 65.7 Å². The molecule has 2 aromatic carbocycles. The first-order valence-corrected chi connectivity index (χ1v) is 13.4. The van der Waals surface area contributed by atoms with Crippen molar-refractivity contribution in [1.82, 2.24) is 15.5 Å². The first kappa shape index (κ1) is 32.1. The Balaban J connectivity index is 2.51. The second kappa shape index (κ2) is 15.5. The van der Waals surface area contributed by atoms with Crippen LogP contribution in [0.5, 0.6) is 5.75 Å². The molecule has 0 aromatic heterocycles. The molecule has 0 aliphatic carbocycles. The lowest BCUT2D eigenvalue weighted by Crippen LogP contribution is -2.54. The molecule has 2 atom stereocenters. The third-order valence-electron chi connectivity index (χ3n) is 5.96. The van der Waals surface area contributed by atoms with Crippen LogP contribution in [0, 0.1) is 0 Å². The van der Waals surface area contributed by atoms with E-state index >= 15 is 0 Å². The van der Waals surface area contributed by atoms with Gasteiger partial charge < -0.3 is 30.1 Å². The zero-order chi connectivity index (χ0) is 29.7. The number of hydrogen-bond acceptors (Lipinski definition) is 7. The maximum Gasteiger partial charge on any atom is 0.408 e. The number of unbranched alkanes of at least 4 members (excludes halogenated alkanes) is 2. The number of phenolic OH excluding ortho intramolecular Hbond substituents is 1. The van der Waals surface area contributed by atoms with E-state index in [-0.39, 0.29) is 25.3 Å². The Hall–Kier alpha value is -4.08. The van der Waals surface area contributed by atoms with Crippen LogP contribution in [0.15, 0.2) is 54.6 Å². The van der Waals surface area contributed by atoms with Crippen molar-refractivity contribution >= 4 is 23.9 Å². The molecule has 218 valence electrons. The average molecular weight is 556 g/mol. The van der Waals surface area contributed by atoms with E-state index in [4.69, 9.17) is 4.74 Å². The molecule has 0 heterocycles. The standard InChI is InChI=1S/C30H41N3O7/c1-6-7-11-18-33(26(22-12-9-8-10-13-22)27(36)31-20-25(35)39-5)28(37)24(32-29(38)40-30(2,3)4)19-21-14-16-23(34)17-15-21/h8-10,12-17,24,26,34H,6-7,11,18-20H2,1-5H3,(H,31,36)(H,32,38). The maximum atomic E-state index is 14.3. The van der Waals surface area contributed by atoms with E-state index in [0.717, 1.165) is 12.8 Å². The molecule has 0 saturated heterocycles. The lowest BCUT2D eigenvalue weighted by Gasteiger charge is -2.34. The van der Waals surface area contributed by atoms with E-state index < -0.39 is 41.6 Å². The molecule has 10 heteroatoms. The van der Waals surface area contributed by atoms with Gasteiger partial charge in [-0.1, -0.05) is 62.2 Å². The van der Waals surface area contributed by atoms with Gasteiger partial charge in [-0.25, -0.2) is 4.79 Å². The summed E-state index contributed by atoms with van der Waals surface area (Å²) < 4.78 is 10.1. The van der Waals surface area contributed by atoms with Crippen LogP contribution in [0.2, 0.25) is 0 Å². The monoisotopic (exact) mass is 555 g/mol. The number of ether oxygens (including phenoxy) is 2. The summed E-state index contributed by atoms with van der Waals surface area (Å²) >= 11 is 0. The van der Waals surface area contributed by atoms with Gasteiger partial charge in [-0.05, 0) is 50.5 Å². The normalized spacial score (nSPS) is 12.5. The second-order valence-corrected chi connectivity index (χ2v) is 10.4. The predicted octanol–water partition coefficient (Wildman–Crippen LogP) is 3.88. The van der Waals surface area contributed by atoms with Gasteiger partial charge in [0.2, 0.25) is 11.8 Å². The van der Waals surface area contributed by atoms with Gasteiger partial charge in [-0.2, -0.15) is 0 Å². The molecular weight excluding hydrogens is 514 g/mol. The van der Waals surface area contributed by atoms with Gasteiger partial charge in [-0.3, -0.25) is 14.4 Å². The number of amides is 3. The average Bonchev–Trinajstić information content (AvgIpc) is 2.91. The number of rotatable bonds is 13. The van der Waals surface area contributed by atoms with E-state index in [9.17, 15) is 24.3 Å². The Morgan fingerprint density at radius 3 is 2.20 bits per heavy atom. The van der Waals surface area contributed by atoms with Crippen molar-refractivity contribution in [1.29, 1.82) is 0 Å². The summed E-state index contributed by atoms with van der Waals surface area (Å²) in [6.45, 7) is 7.07. The fourth-order valence-electron chi connectivity index (χ4n) is 4.05. The van der Waals surface area contributed by atoms with Crippen molar-refractivity contribution in [2.24, 2.45) is 0 Å². The molecule has 2 rings (SSSR count). The number of alkyl carbamates (subject to hydrolysis) is 1. The molecule has 0 saturated carbocycles. The van der Waals surface area contributed by atoms with Gasteiger partial charge >= 0.3 is 12.1 Å². The van der Waals surface area contributed by atoms with Crippen LogP contribution in [0.25, 0.3) is 0 Å². The number of aromatic hydroxyl groups is 1. The number of methoxy groups -OCH3 is 1. The van der Waals surface area contributed by atoms with E-state index in [1.807, 2.05) is 6.92 Å². The van der Waals surface area contributed by atoms with E-state index in [0.29, 0.717) is 17.5 Å². The summed E-state index contributed by atoms with van der Waals surface area (Å²) in [4.78, 5) is 53.8. The highest BCUT2D eigenvalue weighted by molar-refractivity contribution is 5.93. The molecule has 2 aromatic rings. The first-order chi connectivity index (χ1) is 18.9. The molecule has 0 radical (unpaired) electrons. The van der Waals surface area contributed by atoms with Crippen molar-refractivity contribution < 1.29 is 33.8 Å². The van der Waals surface area contributed by atoms with Crippen molar-refractivity contribution in [3.05, 3.63) is 65.7 Å². The Kier molecular flexibility index (Phi) is 12.4. The summed E-state index contributed by atoms with van der Waals surface area (Å²) in [7, 11) is 1.22. The number of nitrogens with one attached hydrogen (secondary N) is 2. The number of phenols is 1. The molecule has 3 N–H and O–H groups in total. The SMILES string of the molecule is CCCCCN(C(=O)C(Cc1ccc(O)cc1)NC(=O)OC(C)(C)C)C(C(=O)NCC(=O)OC)c1ccccc1. The smallest absolute Gasteiger partial charge is 0.408 e. The lowest BCUT2D eigenvalue weighted by atomic mass is 9.99. The highest BCUT2D eigenvalue weighted by Gasteiger charge is 2.36. The highest BCUT2D eigenvalue weighted by Crippen LogP contribution is 2.24. The minimum atomic E-state index is -1.08. The van der Waals surface area contributed by atoms with Crippen LogP contribution in [0.4, 0.5) is 4.79 Å². The molecule has 0 spiro atoms. The van der Waals surface area contributed by atoms with Gasteiger partial charge in [0.1, 0.15) is 30.0 Å². The number of benzene rings is 2. The molecule has 0 fully saturated rings. The Labute approximate surface area is 236 Å². The minimum absolute atomic E-state index is 0.0688. The van der Waals surface area contributed by atoms with Gasteiger partial charge in [-0.15, -0.1) is 0 Å². The van der Waals surface area contributed by atoms with E-state index in [1.54, 1.807) is 63.2 Å². The largest absolute Gasteiger partial charge is 0.508 e. The van der Waals surface area contributed by atoms with Crippen LogP contribution in [-0.2, 0) is 30.3 Å². The fourth-order valence-corrected chi connectivity index (χ4v) is 4.05. The van der Waals surface area contributed by atoms with Crippen molar-refractivity contribution in [2.75, 3.05) is 20.2 Å². The molecule has 2 unspecified atom stereocenters. The zero-order valence-electron chi connectivity index (χ0n) is 23.9. The quantitative estimate of drug-likeness (QED) is 0.252. The van der Waals surface area contributed by atoms with Crippen molar-refractivity contribution in [3.8, 4) is 5.75 Å². The summed E-state index contributed by atoms with van der Waals surface area (Å²) in [6, 6.07) is 12.9. The molecule has 10 nitrogen and oxygen atoms in total. The van der Waals surface area contributed by atoms with Crippen molar-refractivity contribution in [3.63, 3.8) is 0 Å². The van der Waals surface area contributed by atoms with Gasteiger partial charge in [0, 0.05) is 13.0 Å². The molecule has 0 aliphatic heterocycles. The van der Waals surface area contributed by atoms with Crippen molar-refractivity contribution in [2.45, 2.75) is 71.1 Å². The Morgan fingerprint density at radius 1 is 0.975 bits per heavy atom. The fraction of sp³-hybridized carbons (Fsp3) is 0.467. The predicted molar refractivity (Wildman–Crippen MR) is 150 cm³/mol. The Morgan fingerprint density at radius 2 is 1.62 bits per heavy atom. The van der Waals surface area contributed by atoms with Crippen LogP contribution in [0.3, 0.4) is 0 Å². The third kappa shape index (κ3) is 10.6. The molecule has 40 heavy (non-hydrogen) atoms. The zero-order valence-corrected chi connectivity index (χ0v) is 23.9. The molecule has 3 amide bonds. The lowest BCUT2D eigenvalue weighted by molar-refractivity contribution is -0.144. The second-order valence-electron chi connectivity index (χ2n) is 10.4. The molecular formula is C30H41N3O7. The van der Waals surface area contributed by atoms with Crippen LogP contribution >= 0.6 is 0 Å². The summed E-state index contributed by atoms with van der Waals surface area (Å²) in [5.41, 5.74) is 0.444. The third-order valence-corrected chi connectivity index (χ3v) is 5.96. The molecule has 0 bridgehead atoms. The molecule has 0 aliphatic rings. The maximum absolute atomic E-state index is 14.3. The first-order valence-electron chi connectivity index (χ1n) is 13.4. The topological polar surface area (TPSA) is 134 Å². The van der Waals surface area contributed by atoms with Gasteiger partial charge in [0.05, 0.1) is 7.11 Å².